The number of benzene rings is 1. The van der Waals surface area contributed by atoms with E-state index in [4.69, 9.17) is 0 Å². The Morgan fingerprint density at radius 3 is 2.38 bits per heavy atom. The Bertz CT molecular complexity index is 338. The van der Waals surface area contributed by atoms with Crippen LogP contribution in [0.15, 0.2) is 30.0 Å². The highest BCUT2D eigenvalue weighted by atomic mass is 16.6. The summed E-state index contributed by atoms with van der Waals surface area (Å²) < 4.78 is 0. The topological polar surface area (TPSA) is 43.1 Å². The zero-order valence-corrected chi connectivity index (χ0v) is 7.65. The van der Waals surface area contributed by atoms with Gasteiger partial charge in [-0.05, 0) is 12.5 Å². The molecule has 3 heteroatoms. The zero-order valence-electron chi connectivity index (χ0n) is 7.65. The molecule has 0 unspecified atom stereocenters. The van der Waals surface area contributed by atoms with Crippen molar-refractivity contribution in [2.75, 3.05) is 0 Å². The van der Waals surface area contributed by atoms with Crippen LogP contribution in [0.1, 0.15) is 18.1 Å². The Kier molecular flexibility index (Phi) is 2.80. The van der Waals surface area contributed by atoms with E-state index in [0.29, 0.717) is 0 Å². The second-order valence-corrected chi connectivity index (χ2v) is 2.95. The van der Waals surface area contributed by atoms with Gasteiger partial charge in [0.25, 0.3) is 0 Å². The zero-order chi connectivity index (χ0) is 9.84. The van der Waals surface area contributed by atoms with Crippen LogP contribution in [0.2, 0.25) is 0 Å². The molecular weight excluding hydrogens is 166 g/mol. The molecule has 68 valence electrons. The van der Waals surface area contributed by atoms with Crippen molar-refractivity contribution in [1.82, 2.24) is 0 Å². The molecule has 0 fully saturated rings. The molecule has 0 spiro atoms. The number of hydrogen-bond acceptors (Lipinski definition) is 2. The fourth-order valence-electron chi connectivity index (χ4n) is 0.957. The summed E-state index contributed by atoms with van der Waals surface area (Å²) in [6, 6.07) is 7.59. The molecule has 0 bridgehead atoms. The van der Waals surface area contributed by atoms with Crippen molar-refractivity contribution in [3.8, 4) is 0 Å². The standard InChI is InChI=1S/C10H11NO2/c1-8-3-5-10(6-4-8)7-9(2)11(12)13/h3-7H,1-2H3/b9-7+. The Labute approximate surface area is 76.9 Å². The second kappa shape index (κ2) is 3.85. The van der Waals surface area contributed by atoms with E-state index in [1.165, 1.54) is 6.92 Å². The molecule has 0 N–H and O–H groups in total. The predicted molar refractivity (Wildman–Crippen MR) is 51.8 cm³/mol. The Morgan fingerprint density at radius 1 is 1.38 bits per heavy atom. The quantitative estimate of drug-likeness (QED) is 0.514. The van der Waals surface area contributed by atoms with E-state index in [2.05, 4.69) is 0 Å². The summed E-state index contributed by atoms with van der Waals surface area (Å²) >= 11 is 0. The van der Waals surface area contributed by atoms with Crippen molar-refractivity contribution >= 4 is 6.08 Å². The molecule has 0 radical (unpaired) electrons. The normalized spacial score (nSPS) is 11.4. The lowest BCUT2D eigenvalue weighted by Crippen LogP contribution is -1.92. The molecule has 1 aromatic rings. The van der Waals surface area contributed by atoms with Crippen LogP contribution in [0.3, 0.4) is 0 Å². The van der Waals surface area contributed by atoms with Crippen LogP contribution in [0.25, 0.3) is 6.08 Å². The smallest absolute Gasteiger partial charge is 0.243 e. The van der Waals surface area contributed by atoms with Gasteiger partial charge in [-0.15, -0.1) is 0 Å². The average Bonchev–Trinajstić information content (AvgIpc) is 2.08. The molecule has 1 rings (SSSR count). The SMILES string of the molecule is C/C(=C\c1ccc(C)cc1)[N+](=O)[O-]. The van der Waals surface area contributed by atoms with Gasteiger partial charge in [0, 0.05) is 13.0 Å². The first-order valence-electron chi connectivity index (χ1n) is 3.99. The van der Waals surface area contributed by atoms with Crippen molar-refractivity contribution in [2.45, 2.75) is 13.8 Å². The molecule has 0 saturated heterocycles. The summed E-state index contributed by atoms with van der Waals surface area (Å²) in [5, 5.41) is 10.3. The summed E-state index contributed by atoms with van der Waals surface area (Å²) in [4.78, 5) is 9.92. The Morgan fingerprint density at radius 2 is 1.92 bits per heavy atom. The maximum atomic E-state index is 10.3. The Hall–Kier alpha value is -1.64. The number of nitrogens with zero attached hydrogens (tertiary/aromatic N) is 1. The van der Waals surface area contributed by atoms with Crippen LogP contribution in [0.4, 0.5) is 0 Å². The second-order valence-electron chi connectivity index (χ2n) is 2.95. The molecule has 3 nitrogen and oxygen atoms in total. The van der Waals surface area contributed by atoms with Gasteiger partial charge in [0.15, 0.2) is 0 Å². The van der Waals surface area contributed by atoms with Crippen molar-refractivity contribution in [3.63, 3.8) is 0 Å². The van der Waals surface area contributed by atoms with Crippen LogP contribution in [0, 0.1) is 17.0 Å². The highest BCUT2D eigenvalue weighted by Crippen LogP contribution is 2.08. The molecule has 0 amide bonds. The van der Waals surface area contributed by atoms with Gasteiger partial charge < -0.3 is 0 Å². The highest BCUT2D eigenvalue weighted by molar-refractivity contribution is 5.50. The van der Waals surface area contributed by atoms with Crippen molar-refractivity contribution in [1.29, 1.82) is 0 Å². The van der Waals surface area contributed by atoms with Gasteiger partial charge >= 0.3 is 0 Å². The third-order valence-corrected chi connectivity index (χ3v) is 1.74. The minimum absolute atomic E-state index is 0.156. The first-order valence-corrected chi connectivity index (χ1v) is 3.99. The Balaban J connectivity index is 2.92. The predicted octanol–water partition coefficient (Wildman–Crippen LogP) is 2.63. The summed E-state index contributed by atoms with van der Waals surface area (Å²) in [7, 11) is 0. The lowest BCUT2D eigenvalue weighted by atomic mass is 10.1. The third-order valence-electron chi connectivity index (χ3n) is 1.74. The molecule has 13 heavy (non-hydrogen) atoms. The van der Waals surface area contributed by atoms with Gasteiger partial charge in [0.2, 0.25) is 5.70 Å². The lowest BCUT2D eigenvalue weighted by molar-refractivity contribution is -0.422. The number of allylic oxidation sites excluding steroid dienone is 1. The summed E-state index contributed by atoms with van der Waals surface area (Å²) in [5.74, 6) is 0. The summed E-state index contributed by atoms with van der Waals surface area (Å²) in [6.45, 7) is 3.47. The minimum Gasteiger partial charge on any atom is -0.259 e. The van der Waals surface area contributed by atoms with Crippen LogP contribution in [0.5, 0.6) is 0 Å². The van der Waals surface area contributed by atoms with Crippen LogP contribution in [-0.2, 0) is 0 Å². The van der Waals surface area contributed by atoms with Crippen molar-refractivity contribution < 1.29 is 4.92 Å². The molecule has 0 atom stereocenters. The number of nitro groups is 1. The van der Waals surface area contributed by atoms with Gasteiger partial charge in [-0.1, -0.05) is 29.8 Å². The number of aryl methyl sites for hydroxylation is 1. The summed E-state index contributed by atoms with van der Waals surface area (Å²) in [5.41, 5.74) is 2.17. The largest absolute Gasteiger partial charge is 0.259 e. The van der Waals surface area contributed by atoms with E-state index < -0.39 is 0 Å². The number of rotatable bonds is 2. The molecular formula is C10H11NO2. The molecule has 0 heterocycles. The molecule has 0 aliphatic heterocycles. The lowest BCUT2D eigenvalue weighted by Gasteiger charge is -1.94. The van der Waals surface area contributed by atoms with E-state index in [0.717, 1.165) is 11.1 Å². The van der Waals surface area contributed by atoms with Crippen molar-refractivity contribution in [2.24, 2.45) is 0 Å². The first-order chi connectivity index (χ1) is 6.09. The van der Waals surface area contributed by atoms with E-state index >= 15 is 0 Å². The van der Waals surface area contributed by atoms with E-state index in [9.17, 15) is 10.1 Å². The molecule has 1 aromatic carbocycles. The van der Waals surface area contributed by atoms with E-state index in [1.54, 1.807) is 6.08 Å². The molecule has 0 aromatic heterocycles. The third kappa shape index (κ3) is 2.71. The van der Waals surface area contributed by atoms with E-state index in [1.807, 2.05) is 31.2 Å². The molecule has 0 saturated carbocycles. The monoisotopic (exact) mass is 177 g/mol. The van der Waals surface area contributed by atoms with Gasteiger partial charge in [-0.2, -0.15) is 0 Å². The van der Waals surface area contributed by atoms with Gasteiger partial charge in [0.05, 0.1) is 4.92 Å². The van der Waals surface area contributed by atoms with Gasteiger partial charge in [-0.25, -0.2) is 0 Å². The number of hydrogen-bond donors (Lipinski definition) is 0. The maximum Gasteiger partial charge on any atom is 0.243 e. The fraction of sp³-hybridized carbons (Fsp3) is 0.200. The van der Waals surface area contributed by atoms with Crippen molar-refractivity contribution in [3.05, 3.63) is 51.2 Å². The molecule has 0 aliphatic carbocycles. The summed E-state index contributed by atoms with van der Waals surface area (Å²) in [6.07, 6.45) is 1.56. The maximum absolute atomic E-state index is 10.3. The van der Waals surface area contributed by atoms with Crippen LogP contribution < -0.4 is 0 Å². The van der Waals surface area contributed by atoms with Gasteiger partial charge in [-0.3, -0.25) is 10.1 Å². The molecule has 0 aliphatic rings. The van der Waals surface area contributed by atoms with Gasteiger partial charge in [0.1, 0.15) is 0 Å². The highest BCUT2D eigenvalue weighted by Gasteiger charge is 2.00. The minimum atomic E-state index is -0.389. The van der Waals surface area contributed by atoms with Crippen LogP contribution >= 0.6 is 0 Å². The first kappa shape index (κ1) is 9.45. The van der Waals surface area contributed by atoms with Crippen LogP contribution in [-0.4, -0.2) is 4.92 Å². The fourth-order valence-corrected chi connectivity index (χ4v) is 0.957. The van der Waals surface area contributed by atoms with E-state index in [-0.39, 0.29) is 10.6 Å². The average molecular weight is 177 g/mol.